The minimum atomic E-state index is -0.692. The summed E-state index contributed by atoms with van der Waals surface area (Å²) in [7, 11) is 3.10. The monoisotopic (exact) mass is 247 g/mol. The van der Waals surface area contributed by atoms with E-state index < -0.39 is 6.10 Å². The molecule has 1 atom stereocenters. The van der Waals surface area contributed by atoms with E-state index >= 15 is 0 Å². The van der Waals surface area contributed by atoms with E-state index in [2.05, 4.69) is 11.8 Å². The van der Waals surface area contributed by atoms with Crippen LogP contribution >= 0.6 is 0 Å². The topological polar surface area (TPSA) is 49.8 Å². The van der Waals surface area contributed by atoms with E-state index in [1.54, 1.807) is 7.05 Å². The van der Waals surface area contributed by atoms with E-state index in [0.29, 0.717) is 0 Å². The second-order valence-electron chi connectivity index (χ2n) is 3.91. The Morgan fingerprint density at radius 3 is 2.72 bits per heavy atom. The van der Waals surface area contributed by atoms with E-state index in [4.69, 9.17) is 4.74 Å². The van der Waals surface area contributed by atoms with Crippen molar-refractivity contribution >= 4 is 5.91 Å². The average molecular weight is 247 g/mol. The maximum atomic E-state index is 11.7. The van der Waals surface area contributed by atoms with Gasteiger partial charge in [0.1, 0.15) is 0 Å². The Balaban J connectivity index is 2.53. The number of likely N-dealkylation sites (N-methyl/N-ethyl adjacent to an activating group) is 1. The lowest BCUT2D eigenvalue weighted by atomic mass is 10.2. The highest BCUT2D eigenvalue weighted by atomic mass is 16.5. The zero-order valence-electron chi connectivity index (χ0n) is 10.6. The molecule has 0 aliphatic rings. The van der Waals surface area contributed by atoms with E-state index in [0.717, 1.165) is 5.56 Å². The van der Waals surface area contributed by atoms with Crippen molar-refractivity contribution < 1.29 is 14.6 Å². The molecule has 1 aromatic rings. The number of amides is 1. The van der Waals surface area contributed by atoms with Crippen molar-refractivity contribution in [3.05, 3.63) is 35.9 Å². The Morgan fingerprint density at radius 2 is 2.11 bits per heavy atom. The number of carbonyl (C=O) groups is 1. The number of aliphatic hydroxyl groups excluding tert-OH is 1. The summed E-state index contributed by atoms with van der Waals surface area (Å²) in [4.78, 5) is 13.0. The van der Waals surface area contributed by atoms with Crippen LogP contribution in [-0.2, 0) is 9.53 Å². The fourth-order valence-corrected chi connectivity index (χ4v) is 1.39. The summed E-state index contributed by atoms with van der Waals surface area (Å²) >= 11 is 0. The molecule has 0 aliphatic carbocycles. The highest BCUT2D eigenvalue weighted by molar-refractivity contribution is 5.93. The Morgan fingerprint density at radius 1 is 1.44 bits per heavy atom. The Bertz CT molecular complexity index is 433. The van der Waals surface area contributed by atoms with Crippen molar-refractivity contribution in [1.29, 1.82) is 0 Å². The van der Waals surface area contributed by atoms with E-state index in [-0.39, 0.29) is 19.1 Å². The number of nitrogens with zero attached hydrogens (tertiary/aromatic N) is 1. The summed E-state index contributed by atoms with van der Waals surface area (Å²) in [6.07, 6.45) is -0.692. The molecule has 0 spiro atoms. The molecule has 0 heterocycles. The number of ether oxygens (including phenoxy) is 1. The lowest BCUT2D eigenvalue weighted by Crippen LogP contribution is -2.35. The fraction of sp³-hybridized carbons (Fsp3) is 0.357. The standard InChI is InChI=1S/C14H17NO3/c1-15(10-13(16)11-18-2)14(17)9-8-12-6-4-3-5-7-12/h3-7,13,16H,10-11H2,1-2H3. The van der Waals surface area contributed by atoms with Crippen LogP contribution in [0.3, 0.4) is 0 Å². The smallest absolute Gasteiger partial charge is 0.298 e. The molecule has 1 amide bonds. The van der Waals surface area contributed by atoms with E-state index in [1.807, 2.05) is 30.3 Å². The number of methoxy groups -OCH3 is 1. The van der Waals surface area contributed by atoms with Crippen LogP contribution in [0.2, 0.25) is 0 Å². The summed E-state index contributed by atoms with van der Waals surface area (Å²) in [5.74, 6) is 4.98. The van der Waals surface area contributed by atoms with Crippen LogP contribution in [0.15, 0.2) is 30.3 Å². The van der Waals surface area contributed by atoms with Gasteiger partial charge >= 0.3 is 0 Å². The van der Waals surface area contributed by atoms with Crippen LogP contribution in [0.5, 0.6) is 0 Å². The number of aliphatic hydroxyl groups is 1. The third-order valence-electron chi connectivity index (χ3n) is 2.28. The predicted octanol–water partition coefficient (Wildman–Crippen LogP) is 0.504. The minimum Gasteiger partial charge on any atom is -0.389 e. The van der Waals surface area contributed by atoms with Crippen molar-refractivity contribution in [2.45, 2.75) is 6.10 Å². The van der Waals surface area contributed by atoms with Crippen molar-refractivity contribution in [2.75, 3.05) is 27.3 Å². The highest BCUT2D eigenvalue weighted by Crippen LogP contribution is 1.95. The summed E-state index contributed by atoms with van der Waals surface area (Å²) < 4.78 is 4.79. The summed E-state index contributed by atoms with van der Waals surface area (Å²) in [6.45, 7) is 0.403. The Labute approximate surface area is 107 Å². The molecule has 1 unspecified atom stereocenters. The van der Waals surface area contributed by atoms with Crippen molar-refractivity contribution in [1.82, 2.24) is 4.90 Å². The summed E-state index contributed by atoms with van der Waals surface area (Å²) in [5, 5.41) is 9.49. The van der Waals surface area contributed by atoms with Gasteiger partial charge in [0.25, 0.3) is 5.91 Å². The first kappa shape index (κ1) is 14.2. The molecule has 0 saturated heterocycles. The van der Waals surface area contributed by atoms with Crippen LogP contribution in [0.25, 0.3) is 0 Å². The Hall–Kier alpha value is -1.83. The molecule has 0 aromatic heterocycles. The molecule has 0 bridgehead atoms. The Kier molecular flexibility index (Phi) is 5.92. The third-order valence-corrected chi connectivity index (χ3v) is 2.28. The van der Waals surface area contributed by atoms with Gasteiger partial charge in [-0.3, -0.25) is 4.79 Å². The molecular formula is C14H17NO3. The summed E-state index contributed by atoms with van der Waals surface area (Å²) in [5.41, 5.74) is 0.789. The molecule has 18 heavy (non-hydrogen) atoms. The normalized spacial score (nSPS) is 11.3. The SMILES string of the molecule is COCC(O)CN(C)C(=O)C#Cc1ccccc1. The van der Waals surface area contributed by atoms with Gasteiger partial charge in [0.2, 0.25) is 0 Å². The number of hydrogen-bond donors (Lipinski definition) is 1. The van der Waals surface area contributed by atoms with Gasteiger partial charge in [0.15, 0.2) is 0 Å². The predicted molar refractivity (Wildman–Crippen MR) is 68.8 cm³/mol. The number of rotatable bonds is 4. The molecular weight excluding hydrogens is 230 g/mol. The molecule has 1 N–H and O–H groups in total. The first-order valence-electron chi connectivity index (χ1n) is 5.62. The molecule has 4 heteroatoms. The van der Waals surface area contributed by atoms with Gasteiger partial charge in [-0.25, -0.2) is 0 Å². The van der Waals surface area contributed by atoms with Crippen LogP contribution in [0, 0.1) is 11.8 Å². The lowest BCUT2D eigenvalue weighted by molar-refractivity contribution is -0.125. The number of hydrogen-bond acceptors (Lipinski definition) is 3. The molecule has 4 nitrogen and oxygen atoms in total. The molecule has 0 radical (unpaired) electrons. The maximum Gasteiger partial charge on any atom is 0.298 e. The van der Waals surface area contributed by atoms with Crippen LogP contribution in [0.1, 0.15) is 5.56 Å². The second-order valence-corrected chi connectivity index (χ2v) is 3.91. The quantitative estimate of drug-likeness (QED) is 0.788. The van der Waals surface area contributed by atoms with E-state index in [1.165, 1.54) is 12.0 Å². The van der Waals surface area contributed by atoms with Gasteiger partial charge in [0, 0.05) is 32.2 Å². The second kappa shape index (κ2) is 7.49. The van der Waals surface area contributed by atoms with Crippen molar-refractivity contribution in [3.63, 3.8) is 0 Å². The molecule has 0 fully saturated rings. The van der Waals surface area contributed by atoms with Gasteiger partial charge in [-0.1, -0.05) is 24.1 Å². The number of carbonyl (C=O) groups excluding carboxylic acids is 1. The molecule has 1 rings (SSSR count). The first-order chi connectivity index (χ1) is 8.63. The molecule has 0 aliphatic heterocycles. The first-order valence-corrected chi connectivity index (χ1v) is 5.62. The van der Waals surface area contributed by atoms with E-state index in [9.17, 15) is 9.90 Å². The van der Waals surface area contributed by atoms with Crippen LogP contribution in [0.4, 0.5) is 0 Å². The van der Waals surface area contributed by atoms with Crippen LogP contribution < -0.4 is 0 Å². The lowest BCUT2D eigenvalue weighted by Gasteiger charge is -2.17. The summed E-state index contributed by atoms with van der Waals surface area (Å²) in [6, 6.07) is 9.28. The molecule has 1 aromatic carbocycles. The highest BCUT2D eigenvalue weighted by Gasteiger charge is 2.11. The largest absolute Gasteiger partial charge is 0.389 e. The van der Waals surface area contributed by atoms with Gasteiger partial charge in [-0.2, -0.15) is 0 Å². The fourth-order valence-electron chi connectivity index (χ4n) is 1.39. The van der Waals surface area contributed by atoms with Crippen LogP contribution in [-0.4, -0.2) is 49.3 Å². The zero-order valence-corrected chi connectivity index (χ0v) is 10.6. The maximum absolute atomic E-state index is 11.7. The average Bonchev–Trinajstić information content (AvgIpc) is 2.37. The number of benzene rings is 1. The third kappa shape index (κ3) is 5.00. The zero-order chi connectivity index (χ0) is 13.4. The van der Waals surface area contributed by atoms with Gasteiger partial charge < -0.3 is 14.7 Å². The van der Waals surface area contributed by atoms with Gasteiger partial charge in [0.05, 0.1) is 12.7 Å². The van der Waals surface area contributed by atoms with Gasteiger partial charge in [-0.05, 0) is 12.1 Å². The van der Waals surface area contributed by atoms with Crippen molar-refractivity contribution in [3.8, 4) is 11.8 Å². The van der Waals surface area contributed by atoms with Gasteiger partial charge in [-0.15, -0.1) is 0 Å². The van der Waals surface area contributed by atoms with Crippen molar-refractivity contribution in [2.24, 2.45) is 0 Å². The molecule has 0 saturated carbocycles. The molecule has 96 valence electrons. The minimum absolute atomic E-state index is 0.198.